The molecule has 0 bridgehead atoms. The average molecular weight is 250 g/mol. The number of hydrogen-bond donors (Lipinski definition) is 1. The molecule has 8 heteroatoms. The molecule has 0 amide bonds. The summed E-state index contributed by atoms with van der Waals surface area (Å²) in [6, 6.07) is -0.807. The normalized spacial score (nSPS) is 26.7. The zero-order valence-electron chi connectivity index (χ0n) is 7.84. The molecule has 0 aliphatic carbocycles. The summed E-state index contributed by atoms with van der Waals surface area (Å²) < 4.78 is 45.0. The molecular formula is C7H11ClF3NO3. The molecule has 4 nitrogen and oxygen atoms in total. The van der Waals surface area contributed by atoms with Gasteiger partial charge >= 0.3 is 12.1 Å². The van der Waals surface area contributed by atoms with Crippen LogP contribution in [0.5, 0.6) is 0 Å². The Morgan fingerprint density at radius 1 is 1.53 bits per heavy atom. The Morgan fingerprint density at radius 2 is 2.13 bits per heavy atom. The third-order valence-electron chi connectivity index (χ3n) is 1.86. The van der Waals surface area contributed by atoms with E-state index < -0.39 is 30.8 Å². The van der Waals surface area contributed by atoms with Gasteiger partial charge in [-0.3, -0.25) is 10.1 Å². The number of rotatable bonds is 1. The van der Waals surface area contributed by atoms with E-state index in [0.717, 1.165) is 0 Å². The van der Waals surface area contributed by atoms with Crippen LogP contribution in [0.2, 0.25) is 0 Å². The highest BCUT2D eigenvalue weighted by atomic mass is 35.5. The SMILES string of the molecule is COC(=O)[C@H]1CO[C@@H](C(F)(F)F)CN1.Cl. The van der Waals surface area contributed by atoms with Crippen molar-refractivity contribution in [2.24, 2.45) is 0 Å². The summed E-state index contributed by atoms with van der Waals surface area (Å²) in [7, 11) is 1.17. The van der Waals surface area contributed by atoms with Crippen molar-refractivity contribution in [1.29, 1.82) is 0 Å². The van der Waals surface area contributed by atoms with Crippen molar-refractivity contribution in [2.45, 2.75) is 18.3 Å². The molecule has 1 fully saturated rings. The molecule has 0 aromatic heterocycles. The van der Waals surface area contributed by atoms with Gasteiger partial charge in [0.05, 0.1) is 13.7 Å². The fraction of sp³-hybridized carbons (Fsp3) is 0.857. The maximum atomic E-state index is 12.1. The highest BCUT2D eigenvalue weighted by Crippen LogP contribution is 2.24. The van der Waals surface area contributed by atoms with Gasteiger partial charge in [0.15, 0.2) is 6.10 Å². The fourth-order valence-corrected chi connectivity index (χ4v) is 1.08. The molecule has 0 radical (unpaired) electrons. The predicted octanol–water partition coefficient (Wildman–Crippen LogP) is 0.500. The number of carbonyl (C=O) groups is 1. The zero-order valence-corrected chi connectivity index (χ0v) is 8.65. The first kappa shape index (κ1) is 14.5. The third kappa shape index (κ3) is 3.84. The number of hydrogen-bond acceptors (Lipinski definition) is 4. The molecule has 1 rings (SSSR count). The molecular weight excluding hydrogens is 239 g/mol. The molecule has 0 unspecified atom stereocenters. The Bertz CT molecular complexity index is 216. The van der Waals surface area contributed by atoms with Gasteiger partial charge in [0.1, 0.15) is 6.04 Å². The summed E-state index contributed by atoms with van der Waals surface area (Å²) in [6.07, 6.45) is -6.24. The molecule has 1 aliphatic heterocycles. The average Bonchev–Trinajstić information content (AvgIpc) is 2.15. The van der Waals surface area contributed by atoms with Crippen LogP contribution >= 0.6 is 12.4 Å². The van der Waals surface area contributed by atoms with E-state index in [1.165, 1.54) is 7.11 Å². The Balaban J connectivity index is 0.00000196. The topological polar surface area (TPSA) is 47.6 Å². The monoisotopic (exact) mass is 249 g/mol. The Kier molecular flexibility index (Phi) is 5.33. The minimum Gasteiger partial charge on any atom is -0.468 e. The van der Waals surface area contributed by atoms with Gasteiger partial charge in [0.2, 0.25) is 0 Å². The predicted molar refractivity (Wildman–Crippen MR) is 46.8 cm³/mol. The van der Waals surface area contributed by atoms with Crippen molar-refractivity contribution in [1.82, 2.24) is 5.32 Å². The van der Waals surface area contributed by atoms with Crippen LogP contribution in [0.25, 0.3) is 0 Å². The first-order valence-corrected chi connectivity index (χ1v) is 3.94. The van der Waals surface area contributed by atoms with Crippen LogP contribution in [-0.4, -0.2) is 44.6 Å². The fourth-order valence-electron chi connectivity index (χ4n) is 1.08. The summed E-state index contributed by atoms with van der Waals surface area (Å²) in [5, 5.41) is 2.41. The summed E-state index contributed by atoms with van der Waals surface area (Å²) in [5.74, 6) is -0.620. The van der Waals surface area contributed by atoms with E-state index in [4.69, 9.17) is 0 Å². The van der Waals surface area contributed by atoms with Gasteiger partial charge in [0, 0.05) is 6.54 Å². The van der Waals surface area contributed by atoms with Gasteiger partial charge in [-0.2, -0.15) is 13.2 Å². The van der Waals surface area contributed by atoms with Crippen LogP contribution in [0.4, 0.5) is 13.2 Å². The standard InChI is InChI=1S/C7H10F3NO3.ClH/c1-13-6(12)4-3-14-5(2-11-4)7(8,9)10;/h4-5,11H,2-3H2,1H3;1H/t4-,5-;/m1./s1. The molecule has 0 aromatic rings. The van der Waals surface area contributed by atoms with Crippen LogP contribution in [0.15, 0.2) is 0 Å². The molecule has 1 N–H and O–H groups in total. The van der Waals surface area contributed by atoms with E-state index in [-0.39, 0.29) is 19.0 Å². The van der Waals surface area contributed by atoms with Crippen molar-refractivity contribution >= 4 is 18.4 Å². The van der Waals surface area contributed by atoms with Gasteiger partial charge in [-0.25, -0.2) is 0 Å². The highest BCUT2D eigenvalue weighted by molar-refractivity contribution is 5.85. The summed E-state index contributed by atoms with van der Waals surface area (Å²) >= 11 is 0. The number of esters is 1. The van der Waals surface area contributed by atoms with E-state index in [1.807, 2.05) is 0 Å². The minimum atomic E-state index is -4.39. The molecule has 0 saturated carbocycles. The molecule has 15 heavy (non-hydrogen) atoms. The van der Waals surface area contributed by atoms with Crippen molar-refractivity contribution in [3.8, 4) is 0 Å². The molecule has 90 valence electrons. The van der Waals surface area contributed by atoms with Gasteiger partial charge in [-0.1, -0.05) is 0 Å². The Hall–Kier alpha value is -0.530. The van der Waals surface area contributed by atoms with Gasteiger partial charge < -0.3 is 9.47 Å². The van der Waals surface area contributed by atoms with Crippen molar-refractivity contribution in [2.75, 3.05) is 20.3 Å². The maximum Gasteiger partial charge on any atom is 0.415 e. The molecule has 1 heterocycles. The van der Waals surface area contributed by atoms with Crippen molar-refractivity contribution < 1.29 is 27.4 Å². The molecule has 1 saturated heterocycles. The zero-order chi connectivity index (χ0) is 10.8. The second kappa shape index (κ2) is 5.53. The highest BCUT2D eigenvalue weighted by Gasteiger charge is 2.44. The number of morpholine rings is 1. The first-order chi connectivity index (χ1) is 6.45. The summed E-state index contributed by atoms with van der Waals surface area (Å²) in [6.45, 7) is -0.750. The second-order valence-electron chi connectivity index (χ2n) is 2.85. The number of methoxy groups -OCH3 is 1. The Labute approximate surface area is 90.5 Å². The van der Waals surface area contributed by atoms with Crippen LogP contribution < -0.4 is 5.32 Å². The first-order valence-electron chi connectivity index (χ1n) is 3.94. The van der Waals surface area contributed by atoms with Crippen LogP contribution in [0.1, 0.15) is 0 Å². The van der Waals surface area contributed by atoms with Gasteiger partial charge in [-0.05, 0) is 0 Å². The number of alkyl halides is 3. The van der Waals surface area contributed by atoms with Crippen molar-refractivity contribution in [3.63, 3.8) is 0 Å². The van der Waals surface area contributed by atoms with E-state index in [1.54, 1.807) is 0 Å². The smallest absolute Gasteiger partial charge is 0.415 e. The van der Waals surface area contributed by atoms with Crippen LogP contribution in [-0.2, 0) is 14.3 Å². The summed E-state index contributed by atoms with van der Waals surface area (Å²) in [5.41, 5.74) is 0. The lowest BCUT2D eigenvalue weighted by Crippen LogP contribution is -2.54. The third-order valence-corrected chi connectivity index (χ3v) is 1.86. The molecule has 1 aliphatic rings. The largest absolute Gasteiger partial charge is 0.468 e. The number of nitrogens with one attached hydrogen (secondary N) is 1. The summed E-state index contributed by atoms with van der Waals surface area (Å²) in [4.78, 5) is 10.9. The molecule has 0 aromatic carbocycles. The van der Waals surface area contributed by atoms with Crippen LogP contribution in [0, 0.1) is 0 Å². The molecule has 0 spiro atoms. The Morgan fingerprint density at radius 3 is 2.47 bits per heavy atom. The van der Waals surface area contributed by atoms with E-state index >= 15 is 0 Å². The maximum absolute atomic E-state index is 12.1. The van der Waals surface area contributed by atoms with Crippen molar-refractivity contribution in [3.05, 3.63) is 0 Å². The van der Waals surface area contributed by atoms with Gasteiger partial charge in [0.25, 0.3) is 0 Å². The minimum absolute atomic E-state index is 0. The lowest BCUT2D eigenvalue weighted by molar-refractivity contribution is -0.230. The number of carbonyl (C=O) groups excluding carboxylic acids is 1. The lowest BCUT2D eigenvalue weighted by atomic mass is 10.2. The molecule has 2 atom stereocenters. The second-order valence-corrected chi connectivity index (χ2v) is 2.85. The van der Waals surface area contributed by atoms with E-state index in [2.05, 4.69) is 14.8 Å². The van der Waals surface area contributed by atoms with Gasteiger partial charge in [-0.15, -0.1) is 12.4 Å². The quantitative estimate of drug-likeness (QED) is 0.688. The van der Waals surface area contributed by atoms with E-state index in [0.29, 0.717) is 0 Å². The van der Waals surface area contributed by atoms with Crippen LogP contribution in [0.3, 0.4) is 0 Å². The lowest BCUT2D eigenvalue weighted by Gasteiger charge is -2.29. The number of halogens is 4. The van der Waals surface area contributed by atoms with E-state index in [9.17, 15) is 18.0 Å². The number of ether oxygens (including phenoxy) is 2.